The number of hydrogen-bond acceptors (Lipinski definition) is 3. The number of thioether (sulfide) groups is 1. The molecule has 0 aromatic heterocycles. The lowest BCUT2D eigenvalue weighted by Crippen LogP contribution is -2.24. The van der Waals surface area contributed by atoms with Crippen molar-refractivity contribution in [2.45, 2.75) is 43.1 Å². The molecule has 0 radical (unpaired) electrons. The van der Waals surface area contributed by atoms with Crippen LogP contribution in [0.5, 0.6) is 5.75 Å². The van der Waals surface area contributed by atoms with Gasteiger partial charge in [0.2, 0.25) is 0 Å². The summed E-state index contributed by atoms with van der Waals surface area (Å²) in [7, 11) is 0. The zero-order valence-electron chi connectivity index (χ0n) is 13.6. The largest absolute Gasteiger partial charge is 0.490 e. The minimum Gasteiger partial charge on any atom is -0.490 e. The van der Waals surface area contributed by atoms with Gasteiger partial charge in [-0.05, 0) is 66.8 Å². The minimum absolute atomic E-state index is 0.235. The summed E-state index contributed by atoms with van der Waals surface area (Å²) in [6.45, 7) is 0. The molecule has 0 saturated heterocycles. The molecule has 3 rings (SSSR count). The molecular formula is C20H22O3S. The number of aliphatic carboxylic acids is 1. The Morgan fingerprint density at radius 3 is 2.58 bits per heavy atom. The summed E-state index contributed by atoms with van der Waals surface area (Å²) in [5.41, 5.74) is 2.33. The third-order valence-corrected chi connectivity index (χ3v) is 5.28. The molecule has 1 aliphatic rings. The average Bonchev–Trinajstić information content (AvgIpc) is 2.56. The Labute approximate surface area is 147 Å². The number of rotatable bonds is 8. The Morgan fingerprint density at radius 2 is 1.92 bits per heavy atom. The first-order valence-electron chi connectivity index (χ1n) is 8.42. The van der Waals surface area contributed by atoms with Crippen molar-refractivity contribution < 1.29 is 14.6 Å². The molecule has 0 bridgehead atoms. The molecule has 1 aliphatic carbocycles. The first-order valence-corrected chi connectivity index (χ1v) is 9.41. The number of ether oxygens (including phenoxy) is 1. The number of carbonyl (C=O) groups is 1. The van der Waals surface area contributed by atoms with Crippen LogP contribution in [0, 0.1) is 0 Å². The standard InChI is InChI=1S/C20H22O3S/c21-20(22)8-3-13-24-19-11-9-15(10-12-19)16-4-1-7-18(14-16)23-17-5-2-6-17/h1,4,7,9-12,14,17H,2-3,5-6,8,13H2,(H,21,22). The van der Waals surface area contributed by atoms with Crippen LogP contribution in [0.25, 0.3) is 11.1 Å². The molecule has 0 amide bonds. The molecular weight excluding hydrogens is 320 g/mol. The second-order valence-electron chi connectivity index (χ2n) is 6.07. The van der Waals surface area contributed by atoms with Crippen LogP contribution in [0.4, 0.5) is 0 Å². The lowest BCUT2D eigenvalue weighted by Gasteiger charge is -2.26. The topological polar surface area (TPSA) is 46.5 Å². The molecule has 126 valence electrons. The normalized spacial score (nSPS) is 14.2. The fraction of sp³-hybridized carbons (Fsp3) is 0.350. The Bertz CT molecular complexity index is 678. The molecule has 0 aliphatic heterocycles. The highest BCUT2D eigenvalue weighted by atomic mass is 32.2. The highest BCUT2D eigenvalue weighted by molar-refractivity contribution is 7.99. The monoisotopic (exact) mass is 342 g/mol. The lowest BCUT2D eigenvalue weighted by atomic mass is 9.96. The van der Waals surface area contributed by atoms with Crippen molar-refractivity contribution in [3.8, 4) is 16.9 Å². The van der Waals surface area contributed by atoms with Crippen molar-refractivity contribution in [2.24, 2.45) is 0 Å². The van der Waals surface area contributed by atoms with Crippen molar-refractivity contribution in [1.82, 2.24) is 0 Å². The molecule has 24 heavy (non-hydrogen) atoms. The highest BCUT2D eigenvalue weighted by Crippen LogP contribution is 2.30. The molecule has 1 fully saturated rings. The van der Waals surface area contributed by atoms with Gasteiger partial charge in [0.1, 0.15) is 5.75 Å². The smallest absolute Gasteiger partial charge is 0.303 e. The maximum atomic E-state index is 10.5. The van der Waals surface area contributed by atoms with Crippen LogP contribution in [-0.2, 0) is 4.79 Å². The van der Waals surface area contributed by atoms with Gasteiger partial charge in [-0.2, -0.15) is 0 Å². The quantitative estimate of drug-likeness (QED) is 0.526. The predicted molar refractivity (Wildman–Crippen MR) is 97.7 cm³/mol. The van der Waals surface area contributed by atoms with Gasteiger partial charge in [-0.15, -0.1) is 11.8 Å². The third-order valence-electron chi connectivity index (χ3n) is 4.18. The molecule has 1 N–H and O–H groups in total. The zero-order chi connectivity index (χ0) is 16.8. The Balaban J connectivity index is 1.58. The van der Waals surface area contributed by atoms with Crippen molar-refractivity contribution >= 4 is 17.7 Å². The summed E-state index contributed by atoms with van der Waals surface area (Å²) >= 11 is 1.70. The van der Waals surface area contributed by atoms with E-state index in [1.165, 1.54) is 16.9 Å². The van der Waals surface area contributed by atoms with E-state index in [1.807, 2.05) is 12.1 Å². The van der Waals surface area contributed by atoms with E-state index in [1.54, 1.807) is 11.8 Å². The Hall–Kier alpha value is -1.94. The van der Waals surface area contributed by atoms with Crippen LogP contribution >= 0.6 is 11.8 Å². The predicted octanol–water partition coefficient (Wildman–Crippen LogP) is 5.24. The average molecular weight is 342 g/mol. The summed E-state index contributed by atoms with van der Waals surface area (Å²) in [5, 5.41) is 8.65. The molecule has 4 heteroatoms. The van der Waals surface area contributed by atoms with E-state index in [-0.39, 0.29) is 6.42 Å². The molecule has 0 spiro atoms. The number of benzene rings is 2. The molecule has 0 unspecified atom stereocenters. The summed E-state index contributed by atoms with van der Waals surface area (Å²) in [6.07, 6.45) is 4.93. The van der Waals surface area contributed by atoms with E-state index < -0.39 is 5.97 Å². The van der Waals surface area contributed by atoms with Gasteiger partial charge in [0.15, 0.2) is 0 Å². The number of hydrogen-bond donors (Lipinski definition) is 1. The maximum Gasteiger partial charge on any atom is 0.303 e. The van der Waals surface area contributed by atoms with Crippen LogP contribution in [-0.4, -0.2) is 22.9 Å². The maximum absolute atomic E-state index is 10.5. The zero-order valence-corrected chi connectivity index (χ0v) is 14.4. The minimum atomic E-state index is -0.727. The van der Waals surface area contributed by atoms with Gasteiger partial charge in [-0.25, -0.2) is 0 Å². The van der Waals surface area contributed by atoms with Crippen LogP contribution in [0.15, 0.2) is 53.4 Å². The SMILES string of the molecule is O=C(O)CCCSc1ccc(-c2cccc(OC3CCC3)c2)cc1. The van der Waals surface area contributed by atoms with Gasteiger partial charge in [0, 0.05) is 11.3 Å². The first kappa shape index (κ1) is 16.9. The van der Waals surface area contributed by atoms with E-state index in [2.05, 4.69) is 36.4 Å². The van der Waals surface area contributed by atoms with Crippen molar-refractivity contribution in [1.29, 1.82) is 0 Å². The molecule has 1 saturated carbocycles. The van der Waals surface area contributed by atoms with Gasteiger partial charge >= 0.3 is 5.97 Å². The highest BCUT2D eigenvalue weighted by Gasteiger charge is 2.19. The lowest BCUT2D eigenvalue weighted by molar-refractivity contribution is -0.137. The second-order valence-corrected chi connectivity index (χ2v) is 7.24. The van der Waals surface area contributed by atoms with E-state index in [9.17, 15) is 4.79 Å². The Morgan fingerprint density at radius 1 is 1.12 bits per heavy atom. The van der Waals surface area contributed by atoms with Crippen molar-refractivity contribution in [2.75, 3.05) is 5.75 Å². The number of carboxylic acids is 1. The Kier molecular flexibility index (Phi) is 5.81. The van der Waals surface area contributed by atoms with E-state index in [4.69, 9.17) is 9.84 Å². The summed E-state index contributed by atoms with van der Waals surface area (Å²) in [4.78, 5) is 11.7. The van der Waals surface area contributed by atoms with Crippen LogP contribution in [0.1, 0.15) is 32.1 Å². The third kappa shape index (κ3) is 4.78. The van der Waals surface area contributed by atoms with Gasteiger partial charge in [-0.1, -0.05) is 24.3 Å². The van der Waals surface area contributed by atoms with Crippen LogP contribution < -0.4 is 4.74 Å². The van der Waals surface area contributed by atoms with Crippen LogP contribution in [0.2, 0.25) is 0 Å². The molecule has 2 aromatic carbocycles. The van der Waals surface area contributed by atoms with E-state index in [0.717, 1.165) is 29.9 Å². The first-order chi connectivity index (χ1) is 11.7. The van der Waals surface area contributed by atoms with Crippen molar-refractivity contribution in [3.63, 3.8) is 0 Å². The van der Waals surface area contributed by atoms with Crippen LogP contribution in [0.3, 0.4) is 0 Å². The molecule has 0 atom stereocenters. The molecule has 3 nitrogen and oxygen atoms in total. The fourth-order valence-corrected chi connectivity index (χ4v) is 3.44. The molecule has 2 aromatic rings. The van der Waals surface area contributed by atoms with Gasteiger partial charge in [-0.3, -0.25) is 4.79 Å². The van der Waals surface area contributed by atoms with E-state index in [0.29, 0.717) is 12.5 Å². The second kappa shape index (κ2) is 8.25. The summed E-state index contributed by atoms with van der Waals surface area (Å²) in [5.74, 6) is 1.05. The van der Waals surface area contributed by atoms with Gasteiger partial charge in [0.25, 0.3) is 0 Å². The van der Waals surface area contributed by atoms with E-state index >= 15 is 0 Å². The van der Waals surface area contributed by atoms with Gasteiger partial charge in [0.05, 0.1) is 6.10 Å². The van der Waals surface area contributed by atoms with Gasteiger partial charge < -0.3 is 9.84 Å². The van der Waals surface area contributed by atoms with Crippen molar-refractivity contribution in [3.05, 3.63) is 48.5 Å². The molecule has 0 heterocycles. The summed E-state index contributed by atoms with van der Waals surface area (Å²) < 4.78 is 5.97. The fourth-order valence-electron chi connectivity index (χ4n) is 2.59. The summed E-state index contributed by atoms with van der Waals surface area (Å²) in [6, 6.07) is 16.7. The number of carboxylic acid groups (broad SMARTS) is 1.